The molecular formula is C14H17BrFNO3. The molecule has 1 rings (SSSR count). The zero-order valence-corrected chi connectivity index (χ0v) is 12.9. The monoisotopic (exact) mass is 345 g/mol. The van der Waals surface area contributed by atoms with Crippen LogP contribution < -0.4 is 5.32 Å². The Morgan fingerprint density at radius 1 is 1.35 bits per heavy atom. The molecule has 1 aromatic rings. The molecule has 1 aromatic carbocycles. The van der Waals surface area contributed by atoms with Crippen LogP contribution in [0.4, 0.5) is 4.39 Å². The Hall–Kier alpha value is -1.43. The first-order valence-electron chi connectivity index (χ1n) is 6.18. The van der Waals surface area contributed by atoms with Gasteiger partial charge >= 0.3 is 5.97 Å². The zero-order chi connectivity index (χ0) is 15.1. The van der Waals surface area contributed by atoms with Crippen LogP contribution in [0.15, 0.2) is 24.3 Å². The summed E-state index contributed by atoms with van der Waals surface area (Å²) in [4.78, 5) is 22.9. The molecule has 0 bridgehead atoms. The highest BCUT2D eigenvalue weighted by Gasteiger charge is 2.21. The average Bonchev–Trinajstić information content (AvgIpc) is 2.44. The van der Waals surface area contributed by atoms with E-state index in [0.717, 1.165) is 5.56 Å². The summed E-state index contributed by atoms with van der Waals surface area (Å²) < 4.78 is 17.6. The molecule has 6 heteroatoms. The van der Waals surface area contributed by atoms with Crippen LogP contribution in [0.5, 0.6) is 0 Å². The standard InChI is InChI=1S/C14H17BrFNO3/c1-9(15)13(18)17-8-11(14(19)20-2)7-10-3-5-12(16)6-4-10/h3-6,9,11H,7-8H2,1-2H3,(H,17,18)/t9-,11+/m1/s1. The second-order valence-corrected chi connectivity index (χ2v) is 5.79. The van der Waals surface area contributed by atoms with E-state index < -0.39 is 11.9 Å². The fourth-order valence-electron chi connectivity index (χ4n) is 1.67. The van der Waals surface area contributed by atoms with E-state index in [1.165, 1.54) is 19.2 Å². The summed E-state index contributed by atoms with van der Waals surface area (Å²) in [5.41, 5.74) is 0.808. The van der Waals surface area contributed by atoms with Gasteiger partial charge in [0.05, 0.1) is 17.9 Å². The maximum absolute atomic E-state index is 12.8. The fourth-order valence-corrected chi connectivity index (χ4v) is 1.84. The number of esters is 1. The molecule has 4 nitrogen and oxygen atoms in total. The SMILES string of the molecule is COC(=O)[C@H](CNC(=O)[C@@H](C)Br)Cc1ccc(F)cc1. The van der Waals surface area contributed by atoms with Gasteiger partial charge in [-0.3, -0.25) is 9.59 Å². The van der Waals surface area contributed by atoms with Gasteiger partial charge in [-0.15, -0.1) is 0 Å². The summed E-state index contributed by atoms with van der Waals surface area (Å²) in [6, 6.07) is 5.89. The fraction of sp³-hybridized carbons (Fsp3) is 0.429. The Morgan fingerprint density at radius 2 is 1.95 bits per heavy atom. The Bertz CT molecular complexity index is 462. The molecule has 0 spiro atoms. The lowest BCUT2D eigenvalue weighted by Gasteiger charge is -2.16. The van der Waals surface area contributed by atoms with Crippen molar-refractivity contribution in [2.24, 2.45) is 5.92 Å². The highest BCUT2D eigenvalue weighted by Crippen LogP contribution is 2.11. The molecule has 0 saturated carbocycles. The minimum atomic E-state index is -0.499. The van der Waals surface area contributed by atoms with Crippen molar-refractivity contribution in [3.8, 4) is 0 Å². The zero-order valence-electron chi connectivity index (χ0n) is 11.4. The summed E-state index contributed by atoms with van der Waals surface area (Å²) >= 11 is 3.15. The number of hydrogen-bond acceptors (Lipinski definition) is 3. The number of nitrogens with one attached hydrogen (secondary N) is 1. The molecule has 0 aromatic heterocycles. The molecule has 0 aliphatic rings. The molecule has 1 amide bonds. The molecule has 0 radical (unpaired) electrons. The number of benzene rings is 1. The average molecular weight is 346 g/mol. The lowest BCUT2D eigenvalue weighted by atomic mass is 9.99. The minimum Gasteiger partial charge on any atom is -0.469 e. The summed E-state index contributed by atoms with van der Waals surface area (Å²) in [6.07, 6.45) is 0.379. The van der Waals surface area contributed by atoms with Crippen molar-refractivity contribution in [2.75, 3.05) is 13.7 Å². The van der Waals surface area contributed by atoms with E-state index in [0.29, 0.717) is 6.42 Å². The predicted octanol–water partition coefficient (Wildman–Crippen LogP) is 2.06. The van der Waals surface area contributed by atoms with E-state index in [1.54, 1.807) is 19.1 Å². The predicted molar refractivity (Wildman–Crippen MR) is 77.0 cm³/mol. The van der Waals surface area contributed by atoms with E-state index in [4.69, 9.17) is 4.74 Å². The molecule has 0 aliphatic heterocycles. The first-order chi connectivity index (χ1) is 9.43. The van der Waals surface area contributed by atoms with Gasteiger partial charge in [0.1, 0.15) is 5.82 Å². The van der Waals surface area contributed by atoms with Crippen LogP contribution in [0, 0.1) is 11.7 Å². The number of ether oxygens (including phenoxy) is 1. The molecular weight excluding hydrogens is 329 g/mol. The first-order valence-corrected chi connectivity index (χ1v) is 7.09. The van der Waals surface area contributed by atoms with Crippen LogP contribution >= 0.6 is 15.9 Å². The summed E-state index contributed by atoms with van der Waals surface area (Å²) in [6.45, 7) is 1.88. The Labute approximate surface area is 125 Å². The molecule has 1 N–H and O–H groups in total. The third-order valence-electron chi connectivity index (χ3n) is 2.81. The molecule has 0 aliphatic carbocycles. The van der Waals surface area contributed by atoms with E-state index in [9.17, 15) is 14.0 Å². The third-order valence-corrected chi connectivity index (χ3v) is 3.23. The van der Waals surface area contributed by atoms with Crippen LogP contribution in [0.3, 0.4) is 0 Å². The maximum Gasteiger partial charge on any atom is 0.310 e. The molecule has 0 fully saturated rings. The first kappa shape index (κ1) is 16.6. The van der Waals surface area contributed by atoms with Gasteiger partial charge in [-0.05, 0) is 31.0 Å². The van der Waals surface area contributed by atoms with Gasteiger partial charge in [0, 0.05) is 6.54 Å². The Balaban J connectivity index is 2.67. The van der Waals surface area contributed by atoms with Crippen LogP contribution in [-0.2, 0) is 20.7 Å². The van der Waals surface area contributed by atoms with Gasteiger partial charge in [0.2, 0.25) is 5.91 Å². The van der Waals surface area contributed by atoms with Gasteiger partial charge in [-0.25, -0.2) is 4.39 Å². The minimum absolute atomic E-state index is 0.179. The van der Waals surface area contributed by atoms with Crippen LogP contribution in [0.2, 0.25) is 0 Å². The molecule has 20 heavy (non-hydrogen) atoms. The van der Waals surface area contributed by atoms with E-state index in [2.05, 4.69) is 21.2 Å². The summed E-state index contributed by atoms with van der Waals surface area (Å²) in [5.74, 6) is -1.43. The summed E-state index contributed by atoms with van der Waals surface area (Å²) in [7, 11) is 1.30. The highest BCUT2D eigenvalue weighted by atomic mass is 79.9. The second-order valence-electron chi connectivity index (χ2n) is 4.41. The maximum atomic E-state index is 12.8. The Kier molecular flexibility index (Phi) is 6.64. The van der Waals surface area contributed by atoms with Crippen molar-refractivity contribution in [1.29, 1.82) is 0 Å². The van der Waals surface area contributed by atoms with Crippen LogP contribution in [-0.4, -0.2) is 30.4 Å². The van der Waals surface area contributed by atoms with Gasteiger partial charge < -0.3 is 10.1 Å². The van der Waals surface area contributed by atoms with Crippen molar-refractivity contribution in [3.63, 3.8) is 0 Å². The second kappa shape index (κ2) is 7.99. The number of methoxy groups -OCH3 is 1. The number of carbonyl (C=O) groups is 2. The molecule has 110 valence electrons. The molecule has 0 saturated heterocycles. The number of halogens is 2. The smallest absolute Gasteiger partial charge is 0.310 e. The normalized spacial score (nSPS) is 13.4. The van der Waals surface area contributed by atoms with Crippen molar-refractivity contribution < 1.29 is 18.7 Å². The van der Waals surface area contributed by atoms with Crippen LogP contribution in [0.1, 0.15) is 12.5 Å². The molecule has 0 heterocycles. The van der Waals surface area contributed by atoms with E-state index >= 15 is 0 Å². The van der Waals surface area contributed by atoms with Gasteiger partial charge in [0.25, 0.3) is 0 Å². The van der Waals surface area contributed by atoms with Crippen molar-refractivity contribution in [1.82, 2.24) is 5.32 Å². The number of hydrogen-bond donors (Lipinski definition) is 1. The quantitative estimate of drug-likeness (QED) is 0.634. The van der Waals surface area contributed by atoms with Gasteiger partial charge in [0.15, 0.2) is 0 Å². The van der Waals surface area contributed by atoms with Crippen LogP contribution in [0.25, 0.3) is 0 Å². The number of rotatable bonds is 6. The third kappa shape index (κ3) is 5.28. The van der Waals surface area contributed by atoms with Crippen molar-refractivity contribution in [2.45, 2.75) is 18.2 Å². The highest BCUT2D eigenvalue weighted by molar-refractivity contribution is 9.10. The van der Waals surface area contributed by atoms with Crippen molar-refractivity contribution in [3.05, 3.63) is 35.6 Å². The molecule has 0 unspecified atom stereocenters. The van der Waals surface area contributed by atoms with E-state index in [-0.39, 0.29) is 23.1 Å². The molecule has 2 atom stereocenters. The van der Waals surface area contributed by atoms with Gasteiger partial charge in [-0.1, -0.05) is 28.1 Å². The largest absolute Gasteiger partial charge is 0.469 e. The summed E-state index contributed by atoms with van der Waals surface area (Å²) in [5, 5.41) is 2.67. The van der Waals surface area contributed by atoms with Crippen molar-refractivity contribution >= 4 is 27.8 Å². The Morgan fingerprint density at radius 3 is 2.45 bits per heavy atom. The van der Waals surface area contributed by atoms with Gasteiger partial charge in [-0.2, -0.15) is 0 Å². The topological polar surface area (TPSA) is 55.4 Å². The van der Waals surface area contributed by atoms with E-state index in [1.807, 2.05) is 0 Å². The number of amides is 1. The number of carbonyl (C=O) groups excluding carboxylic acids is 2. The lowest BCUT2D eigenvalue weighted by molar-refractivity contribution is -0.145. The lowest BCUT2D eigenvalue weighted by Crippen LogP contribution is -2.37. The number of alkyl halides is 1.